The maximum atomic E-state index is 10.9. The van der Waals surface area contributed by atoms with E-state index in [0.717, 1.165) is 30.5 Å². The molecule has 0 aliphatic heterocycles. The molecule has 1 heterocycles. The fourth-order valence-electron chi connectivity index (χ4n) is 2.00. The molecule has 1 aromatic heterocycles. The summed E-state index contributed by atoms with van der Waals surface area (Å²) < 4.78 is 1.79. The average Bonchev–Trinajstić information content (AvgIpc) is 3.10. The van der Waals surface area contributed by atoms with Gasteiger partial charge < -0.3 is 0 Å². The van der Waals surface area contributed by atoms with Crippen LogP contribution in [0.4, 0.5) is 0 Å². The summed E-state index contributed by atoms with van der Waals surface area (Å²) in [6.07, 6.45) is 3.05. The molecule has 1 aliphatic carbocycles. The molecule has 1 fully saturated rings. The van der Waals surface area contributed by atoms with Crippen LogP contribution in [0.25, 0.3) is 5.69 Å². The molecule has 1 saturated carbocycles. The van der Waals surface area contributed by atoms with Crippen LogP contribution in [0.15, 0.2) is 24.3 Å². The second kappa shape index (κ2) is 3.80. The Balaban J connectivity index is 2.10. The van der Waals surface area contributed by atoms with E-state index in [4.69, 9.17) is 0 Å². The lowest BCUT2D eigenvalue weighted by Crippen LogP contribution is -2.02. The third-order valence-corrected chi connectivity index (χ3v) is 3.09. The first-order valence-corrected chi connectivity index (χ1v) is 5.77. The summed E-state index contributed by atoms with van der Waals surface area (Å²) in [6, 6.07) is 8.08. The highest BCUT2D eigenvalue weighted by atomic mass is 16.1. The first kappa shape index (κ1) is 10.2. The molecule has 0 spiro atoms. The van der Waals surface area contributed by atoms with Crippen LogP contribution < -0.4 is 0 Å². The number of carbonyl (C=O) groups is 1. The lowest BCUT2D eigenvalue weighted by Gasteiger charge is -2.05. The Morgan fingerprint density at radius 2 is 2.00 bits per heavy atom. The van der Waals surface area contributed by atoms with Gasteiger partial charge in [-0.3, -0.25) is 4.79 Å². The van der Waals surface area contributed by atoms with E-state index in [9.17, 15) is 4.79 Å². The Labute approximate surface area is 99.3 Å². The van der Waals surface area contributed by atoms with E-state index in [1.807, 2.05) is 31.2 Å². The molecule has 0 radical (unpaired) electrons. The number of nitrogens with zero attached hydrogens (tertiary/aromatic N) is 3. The maximum Gasteiger partial charge on any atom is 0.172 e. The second-order valence-corrected chi connectivity index (χ2v) is 4.50. The zero-order chi connectivity index (χ0) is 11.8. The topological polar surface area (TPSA) is 47.8 Å². The molecule has 0 amide bonds. The third kappa shape index (κ3) is 1.75. The largest absolute Gasteiger partial charge is 0.296 e. The summed E-state index contributed by atoms with van der Waals surface area (Å²) >= 11 is 0. The normalized spacial score (nSPS) is 14.9. The average molecular weight is 227 g/mol. The van der Waals surface area contributed by atoms with Crippen LogP contribution in [-0.4, -0.2) is 21.3 Å². The first-order valence-electron chi connectivity index (χ1n) is 5.77. The van der Waals surface area contributed by atoms with Crippen LogP contribution in [0.5, 0.6) is 0 Å². The van der Waals surface area contributed by atoms with Gasteiger partial charge in [0.25, 0.3) is 0 Å². The molecular weight excluding hydrogens is 214 g/mol. The Hall–Kier alpha value is -1.97. The van der Waals surface area contributed by atoms with Gasteiger partial charge >= 0.3 is 0 Å². The lowest BCUT2D eigenvalue weighted by molar-refractivity contribution is 0.111. The highest BCUT2D eigenvalue weighted by molar-refractivity contribution is 5.74. The van der Waals surface area contributed by atoms with Crippen molar-refractivity contribution >= 4 is 6.29 Å². The van der Waals surface area contributed by atoms with E-state index >= 15 is 0 Å². The number of aldehydes is 1. The first-order chi connectivity index (χ1) is 8.29. The van der Waals surface area contributed by atoms with Gasteiger partial charge in [-0.2, -0.15) is 0 Å². The number of rotatable bonds is 3. The van der Waals surface area contributed by atoms with E-state index < -0.39 is 0 Å². The molecule has 3 rings (SSSR count). The van der Waals surface area contributed by atoms with Crippen LogP contribution in [-0.2, 0) is 0 Å². The molecule has 1 aliphatic rings. The standard InChI is InChI=1S/C13H13N3O/c1-9-2-6-11(7-3-9)16-13(10-4-5-10)12(8-17)14-15-16/h2-3,6-8,10H,4-5H2,1H3. The Bertz CT molecular complexity index is 553. The molecule has 0 N–H and O–H groups in total. The fourth-order valence-corrected chi connectivity index (χ4v) is 2.00. The number of aryl methyl sites for hydroxylation is 1. The number of benzene rings is 1. The highest BCUT2D eigenvalue weighted by Crippen LogP contribution is 2.41. The number of aromatic nitrogens is 3. The summed E-state index contributed by atoms with van der Waals surface area (Å²) in [7, 11) is 0. The summed E-state index contributed by atoms with van der Waals surface area (Å²) in [5, 5.41) is 8.02. The van der Waals surface area contributed by atoms with Crippen LogP contribution in [0.3, 0.4) is 0 Å². The number of hydrogen-bond acceptors (Lipinski definition) is 3. The molecule has 4 heteroatoms. The Morgan fingerprint density at radius 3 is 2.59 bits per heavy atom. The molecule has 0 unspecified atom stereocenters. The smallest absolute Gasteiger partial charge is 0.172 e. The minimum atomic E-state index is 0.450. The van der Waals surface area contributed by atoms with Crippen molar-refractivity contribution in [3.63, 3.8) is 0 Å². The minimum absolute atomic E-state index is 0.450. The quantitative estimate of drug-likeness (QED) is 0.756. The molecular formula is C13H13N3O. The van der Waals surface area contributed by atoms with Gasteiger partial charge in [0, 0.05) is 5.92 Å². The summed E-state index contributed by atoms with van der Waals surface area (Å²) in [6.45, 7) is 2.05. The lowest BCUT2D eigenvalue weighted by atomic mass is 10.2. The molecule has 86 valence electrons. The maximum absolute atomic E-state index is 10.9. The van der Waals surface area contributed by atoms with Crippen molar-refractivity contribution in [1.29, 1.82) is 0 Å². The van der Waals surface area contributed by atoms with Crippen molar-refractivity contribution < 1.29 is 4.79 Å². The Morgan fingerprint density at radius 1 is 1.29 bits per heavy atom. The van der Waals surface area contributed by atoms with Crippen LogP contribution in [0, 0.1) is 6.92 Å². The SMILES string of the molecule is Cc1ccc(-n2nnc(C=O)c2C2CC2)cc1. The van der Waals surface area contributed by atoms with Gasteiger partial charge in [-0.05, 0) is 31.9 Å². The Kier molecular flexibility index (Phi) is 2.28. The van der Waals surface area contributed by atoms with E-state index in [2.05, 4.69) is 10.3 Å². The monoisotopic (exact) mass is 227 g/mol. The van der Waals surface area contributed by atoms with Gasteiger partial charge in [-0.25, -0.2) is 4.68 Å². The summed E-state index contributed by atoms with van der Waals surface area (Å²) in [5.74, 6) is 0.450. The third-order valence-electron chi connectivity index (χ3n) is 3.09. The molecule has 0 atom stereocenters. The fraction of sp³-hybridized carbons (Fsp3) is 0.308. The van der Waals surface area contributed by atoms with Crippen molar-refractivity contribution in [3.05, 3.63) is 41.2 Å². The van der Waals surface area contributed by atoms with Gasteiger partial charge in [0.2, 0.25) is 0 Å². The van der Waals surface area contributed by atoms with Gasteiger partial charge in [0.05, 0.1) is 11.4 Å². The molecule has 17 heavy (non-hydrogen) atoms. The molecule has 2 aromatic rings. The van der Waals surface area contributed by atoms with Crippen molar-refractivity contribution in [2.75, 3.05) is 0 Å². The van der Waals surface area contributed by atoms with Gasteiger partial charge in [-0.15, -0.1) is 5.10 Å². The van der Waals surface area contributed by atoms with Gasteiger partial charge in [-0.1, -0.05) is 22.9 Å². The molecule has 4 nitrogen and oxygen atoms in total. The number of carbonyl (C=O) groups excluding carboxylic acids is 1. The second-order valence-electron chi connectivity index (χ2n) is 4.50. The van der Waals surface area contributed by atoms with Crippen molar-refractivity contribution in [1.82, 2.24) is 15.0 Å². The molecule has 0 saturated heterocycles. The van der Waals surface area contributed by atoms with Gasteiger partial charge in [0.1, 0.15) is 5.69 Å². The zero-order valence-electron chi connectivity index (χ0n) is 9.63. The summed E-state index contributed by atoms with van der Waals surface area (Å²) in [5.41, 5.74) is 3.62. The van der Waals surface area contributed by atoms with Crippen LogP contribution >= 0.6 is 0 Å². The minimum Gasteiger partial charge on any atom is -0.296 e. The summed E-state index contributed by atoms with van der Waals surface area (Å²) in [4.78, 5) is 10.9. The van der Waals surface area contributed by atoms with E-state index in [-0.39, 0.29) is 0 Å². The van der Waals surface area contributed by atoms with Crippen molar-refractivity contribution in [3.8, 4) is 5.69 Å². The van der Waals surface area contributed by atoms with Crippen LogP contribution in [0.1, 0.15) is 40.5 Å². The predicted molar refractivity (Wildman–Crippen MR) is 63.5 cm³/mol. The van der Waals surface area contributed by atoms with Gasteiger partial charge in [0.15, 0.2) is 6.29 Å². The van der Waals surface area contributed by atoms with E-state index in [1.54, 1.807) is 4.68 Å². The van der Waals surface area contributed by atoms with E-state index in [1.165, 1.54) is 5.56 Å². The van der Waals surface area contributed by atoms with E-state index in [0.29, 0.717) is 11.6 Å². The number of hydrogen-bond donors (Lipinski definition) is 0. The molecule has 0 bridgehead atoms. The molecule has 1 aromatic carbocycles. The predicted octanol–water partition coefficient (Wildman–Crippen LogP) is 2.27. The van der Waals surface area contributed by atoms with Crippen LogP contribution in [0.2, 0.25) is 0 Å². The van der Waals surface area contributed by atoms with Crippen molar-refractivity contribution in [2.45, 2.75) is 25.7 Å². The zero-order valence-corrected chi connectivity index (χ0v) is 9.63. The van der Waals surface area contributed by atoms with Crippen molar-refractivity contribution in [2.24, 2.45) is 0 Å². The highest BCUT2D eigenvalue weighted by Gasteiger charge is 2.31.